The Hall–Kier alpha value is -1.58. The molecule has 0 fully saturated rings. The van der Waals surface area contributed by atoms with Crippen LogP contribution in [0.4, 0.5) is 5.69 Å². The number of nitrogen functional groups attached to an aromatic ring is 1. The molecule has 0 unspecified atom stereocenters. The van der Waals surface area contributed by atoms with Gasteiger partial charge in [0.1, 0.15) is 0 Å². The van der Waals surface area contributed by atoms with E-state index >= 15 is 0 Å². The Bertz CT molecular complexity index is 821. The van der Waals surface area contributed by atoms with Crippen LogP contribution < -0.4 is 5.73 Å². The van der Waals surface area contributed by atoms with Crippen molar-refractivity contribution in [3.63, 3.8) is 0 Å². The highest BCUT2D eigenvalue weighted by atomic mass is 35.5. The van der Waals surface area contributed by atoms with Crippen LogP contribution in [0.3, 0.4) is 0 Å². The molecule has 1 aromatic carbocycles. The van der Waals surface area contributed by atoms with Gasteiger partial charge < -0.3 is 5.73 Å². The number of anilines is 1. The van der Waals surface area contributed by atoms with Gasteiger partial charge in [-0.15, -0.1) is 11.3 Å². The number of aryl methyl sites for hydroxylation is 1. The molecule has 1 aliphatic rings. The topological polar surface area (TPSA) is 38.9 Å². The fourth-order valence-electron chi connectivity index (χ4n) is 3.00. The number of hydrogen-bond acceptors (Lipinski definition) is 3. The highest BCUT2D eigenvalue weighted by Crippen LogP contribution is 2.39. The van der Waals surface area contributed by atoms with E-state index in [1.807, 2.05) is 24.3 Å². The molecule has 2 heterocycles. The van der Waals surface area contributed by atoms with E-state index in [1.165, 1.54) is 34.5 Å². The quantitative estimate of drug-likeness (QED) is 0.680. The number of rotatable bonds is 1. The van der Waals surface area contributed by atoms with Crippen molar-refractivity contribution in [1.82, 2.24) is 4.98 Å². The average molecular weight is 315 g/mol. The Kier molecular flexibility index (Phi) is 3.12. The minimum atomic E-state index is 0.757. The first kappa shape index (κ1) is 13.1. The molecule has 0 spiro atoms. The SMILES string of the molecule is Nc1c2c(nc3cc(-c4ccc(Cl)cc4)sc13)CCCC2. The van der Waals surface area contributed by atoms with Gasteiger partial charge in [-0.2, -0.15) is 0 Å². The Morgan fingerprint density at radius 3 is 2.67 bits per heavy atom. The zero-order chi connectivity index (χ0) is 14.4. The normalized spacial score (nSPS) is 14.3. The summed E-state index contributed by atoms with van der Waals surface area (Å²) in [7, 11) is 0. The van der Waals surface area contributed by atoms with Gasteiger partial charge in [-0.25, -0.2) is 0 Å². The van der Waals surface area contributed by atoms with Crippen molar-refractivity contribution in [2.45, 2.75) is 25.7 Å². The van der Waals surface area contributed by atoms with Gasteiger partial charge in [-0.3, -0.25) is 4.98 Å². The molecule has 2 nitrogen and oxygen atoms in total. The highest BCUT2D eigenvalue weighted by molar-refractivity contribution is 7.22. The Morgan fingerprint density at radius 2 is 1.86 bits per heavy atom. The van der Waals surface area contributed by atoms with Gasteiger partial charge in [0.2, 0.25) is 0 Å². The average Bonchev–Trinajstić information content (AvgIpc) is 2.92. The van der Waals surface area contributed by atoms with Gasteiger partial charge in [0.15, 0.2) is 0 Å². The Labute approximate surface area is 132 Å². The van der Waals surface area contributed by atoms with Gasteiger partial charge >= 0.3 is 0 Å². The lowest BCUT2D eigenvalue weighted by Crippen LogP contribution is -2.08. The second-order valence-electron chi connectivity index (χ2n) is 5.49. The van der Waals surface area contributed by atoms with E-state index < -0.39 is 0 Å². The lowest BCUT2D eigenvalue weighted by molar-refractivity contribution is 0.673. The number of nitrogens with two attached hydrogens (primary N) is 1. The molecule has 0 aliphatic heterocycles. The first-order chi connectivity index (χ1) is 10.2. The van der Waals surface area contributed by atoms with E-state index in [0.29, 0.717) is 0 Å². The molecule has 4 rings (SSSR count). The van der Waals surface area contributed by atoms with Crippen molar-refractivity contribution >= 4 is 38.8 Å². The maximum atomic E-state index is 6.40. The van der Waals surface area contributed by atoms with E-state index in [1.54, 1.807) is 11.3 Å². The van der Waals surface area contributed by atoms with E-state index in [9.17, 15) is 0 Å². The molecule has 2 aromatic heterocycles. The van der Waals surface area contributed by atoms with Crippen molar-refractivity contribution in [1.29, 1.82) is 0 Å². The molecule has 1 aliphatic carbocycles. The van der Waals surface area contributed by atoms with Gasteiger partial charge in [0.05, 0.1) is 15.9 Å². The summed E-state index contributed by atoms with van der Waals surface area (Å²) in [5, 5.41) is 0.757. The van der Waals surface area contributed by atoms with Crippen LogP contribution in [0.25, 0.3) is 20.7 Å². The van der Waals surface area contributed by atoms with Crippen molar-refractivity contribution in [3.8, 4) is 10.4 Å². The number of nitrogens with zero attached hydrogens (tertiary/aromatic N) is 1. The monoisotopic (exact) mass is 314 g/mol. The first-order valence-electron chi connectivity index (χ1n) is 7.19. The zero-order valence-electron chi connectivity index (χ0n) is 11.5. The molecule has 0 atom stereocenters. The van der Waals surface area contributed by atoms with Crippen LogP contribution in [0.5, 0.6) is 0 Å². The molecule has 0 amide bonds. The zero-order valence-corrected chi connectivity index (χ0v) is 13.1. The third-order valence-corrected chi connectivity index (χ3v) is 5.56. The number of halogens is 1. The molecule has 0 saturated heterocycles. The van der Waals surface area contributed by atoms with E-state index in [2.05, 4.69) is 6.07 Å². The van der Waals surface area contributed by atoms with Crippen LogP contribution in [0.2, 0.25) is 5.02 Å². The van der Waals surface area contributed by atoms with Gasteiger partial charge in [-0.1, -0.05) is 23.7 Å². The number of benzene rings is 1. The van der Waals surface area contributed by atoms with Crippen LogP contribution in [0.15, 0.2) is 30.3 Å². The maximum Gasteiger partial charge on any atom is 0.0840 e. The molecule has 0 bridgehead atoms. The summed E-state index contributed by atoms with van der Waals surface area (Å²) in [6.07, 6.45) is 4.57. The van der Waals surface area contributed by atoms with Crippen molar-refractivity contribution in [2.75, 3.05) is 5.73 Å². The number of fused-ring (bicyclic) bond motifs is 2. The summed E-state index contributed by atoms with van der Waals surface area (Å²) in [6, 6.07) is 10.1. The molecule has 21 heavy (non-hydrogen) atoms. The third kappa shape index (κ3) is 2.21. The summed E-state index contributed by atoms with van der Waals surface area (Å²) in [5.41, 5.74) is 12.0. The highest BCUT2D eigenvalue weighted by Gasteiger charge is 2.18. The van der Waals surface area contributed by atoms with Crippen LogP contribution in [-0.2, 0) is 12.8 Å². The minimum absolute atomic E-state index is 0.757. The van der Waals surface area contributed by atoms with Crippen LogP contribution >= 0.6 is 22.9 Å². The number of pyridine rings is 1. The predicted octanol–water partition coefficient (Wildman–Crippen LogP) is 5.08. The van der Waals surface area contributed by atoms with Crippen molar-refractivity contribution in [2.24, 2.45) is 0 Å². The molecule has 2 N–H and O–H groups in total. The van der Waals surface area contributed by atoms with Gasteiger partial charge in [-0.05, 0) is 55.0 Å². The molecule has 0 radical (unpaired) electrons. The van der Waals surface area contributed by atoms with E-state index in [-0.39, 0.29) is 0 Å². The minimum Gasteiger partial charge on any atom is -0.397 e. The fraction of sp³-hybridized carbons (Fsp3) is 0.235. The second kappa shape index (κ2) is 5.00. The summed E-state index contributed by atoms with van der Waals surface area (Å²) < 4.78 is 1.13. The lowest BCUT2D eigenvalue weighted by atomic mass is 9.94. The predicted molar refractivity (Wildman–Crippen MR) is 91.1 cm³/mol. The van der Waals surface area contributed by atoms with Crippen LogP contribution in [0.1, 0.15) is 24.1 Å². The summed E-state index contributed by atoms with van der Waals surface area (Å²) in [6.45, 7) is 0. The van der Waals surface area contributed by atoms with Gasteiger partial charge in [0, 0.05) is 15.6 Å². The molecule has 4 heteroatoms. The summed E-state index contributed by atoms with van der Waals surface area (Å²) in [4.78, 5) is 6.04. The smallest absolute Gasteiger partial charge is 0.0840 e. The Morgan fingerprint density at radius 1 is 1.10 bits per heavy atom. The van der Waals surface area contributed by atoms with E-state index in [0.717, 1.165) is 33.8 Å². The number of thiophene rings is 1. The third-order valence-electron chi connectivity index (χ3n) is 4.11. The van der Waals surface area contributed by atoms with Gasteiger partial charge in [0.25, 0.3) is 0 Å². The molecule has 0 saturated carbocycles. The summed E-state index contributed by atoms with van der Waals surface area (Å²) in [5.74, 6) is 0. The first-order valence-corrected chi connectivity index (χ1v) is 8.38. The Balaban J connectivity index is 1.90. The molecular formula is C17H15ClN2S. The maximum absolute atomic E-state index is 6.40. The van der Waals surface area contributed by atoms with Crippen molar-refractivity contribution in [3.05, 3.63) is 46.6 Å². The van der Waals surface area contributed by atoms with E-state index in [4.69, 9.17) is 22.3 Å². The molecule has 106 valence electrons. The number of hydrogen-bond donors (Lipinski definition) is 1. The second-order valence-corrected chi connectivity index (χ2v) is 6.98. The lowest BCUT2D eigenvalue weighted by Gasteiger charge is -2.16. The number of aromatic nitrogens is 1. The van der Waals surface area contributed by atoms with Crippen LogP contribution in [-0.4, -0.2) is 4.98 Å². The van der Waals surface area contributed by atoms with Crippen molar-refractivity contribution < 1.29 is 0 Å². The summed E-state index contributed by atoms with van der Waals surface area (Å²) >= 11 is 7.69. The van der Waals surface area contributed by atoms with Crippen LogP contribution in [0, 0.1) is 0 Å². The standard InChI is InChI=1S/C17H15ClN2S/c18-11-7-5-10(6-8-11)15-9-14-17(21-15)16(19)12-3-1-2-4-13(12)20-14/h5-9H,1-4H2,(H2,19,20). The largest absolute Gasteiger partial charge is 0.397 e. The molecule has 3 aromatic rings. The molecular weight excluding hydrogens is 300 g/mol. The fourth-order valence-corrected chi connectivity index (χ4v) is 4.21.